The number of nitrogens with zero attached hydrogens (tertiary/aromatic N) is 1. The van der Waals surface area contributed by atoms with Gasteiger partial charge in [0.15, 0.2) is 10.8 Å². The summed E-state index contributed by atoms with van der Waals surface area (Å²) < 4.78 is 10.3. The fourth-order valence-corrected chi connectivity index (χ4v) is 2.43. The zero-order chi connectivity index (χ0) is 12.1. The minimum atomic E-state index is -0.364. The third-order valence-electron chi connectivity index (χ3n) is 2.48. The number of hydrogen-bond donors (Lipinski definition) is 1. The van der Waals surface area contributed by atoms with Crippen molar-refractivity contribution in [1.29, 1.82) is 0 Å². The molecule has 0 bridgehead atoms. The molecule has 2 heterocycles. The van der Waals surface area contributed by atoms with E-state index in [4.69, 9.17) is 9.47 Å². The summed E-state index contributed by atoms with van der Waals surface area (Å²) >= 11 is 1.42. The fraction of sp³-hybridized carbons (Fsp3) is 0.636. The monoisotopic (exact) mass is 256 g/mol. The highest BCUT2D eigenvalue weighted by atomic mass is 32.1. The molecule has 6 heteroatoms. The van der Waals surface area contributed by atoms with Crippen molar-refractivity contribution in [2.24, 2.45) is 0 Å². The molecule has 0 spiro atoms. The Hall–Kier alpha value is -1.14. The fourth-order valence-electron chi connectivity index (χ4n) is 1.67. The molecule has 1 atom stereocenters. The first kappa shape index (κ1) is 12.3. The third kappa shape index (κ3) is 3.41. The minimum absolute atomic E-state index is 0.296. The lowest BCUT2D eigenvalue weighted by molar-refractivity contribution is 0.0520. The summed E-state index contributed by atoms with van der Waals surface area (Å²) in [7, 11) is 0. The Morgan fingerprint density at radius 2 is 2.65 bits per heavy atom. The van der Waals surface area contributed by atoms with Gasteiger partial charge in [0.2, 0.25) is 0 Å². The van der Waals surface area contributed by atoms with E-state index in [1.807, 2.05) is 0 Å². The molecule has 1 aromatic rings. The number of ether oxygens (including phenoxy) is 2. The molecule has 2 rings (SSSR count). The van der Waals surface area contributed by atoms with Crippen LogP contribution in [0.25, 0.3) is 0 Å². The van der Waals surface area contributed by atoms with Crippen LogP contribution in [0.2, 0.25) is 0 Å². The van der Waals surface area contributed by atoms with Crippen LogP contribution in [-0.2, 0) is 9.47 Å². The van der Waals surface area contributed by atoms with Gasteiger partial charge in [0.25, 0.3) is 0 Å². The van der Waals surface area contributed by atoms with Gasteiger partial charge in [-0.2, -0.15) is 0 Å². The first-order valence-corrected chi connectivity index (χ1v) is 6.64. The van der Waals surface area contributed by atoms with Crippen molar-refractivity contribution in [3.8, 4) is 0 Å². The van der Waals surface area contributed by atoms with E-state index in [1.165, 1.54) is 11.3 Å². The zero-order valence-electron chi connectivity index (χ0n) is 9.77. The molecule has 1 aromatic heterocycles. The Labute approximate surface area is 104 Å². The van der Waals surface area contributed by atoms with Crippen molar-refractivity contribution in [2.45, 2.75) is 25.8 Å². The molecule has 1 fully saturated rings. The Morgan fingerprint density at radius 1 is 1.76 bits per heavy atom. The quantitative estimate of drug-likeness (QED) is 0.834. The molecule has 1 unspecified atom stereocenters. The normalized spacial score (nSPS) is 19.9. The summed E-state index contributed by atoms with van der Waals surface area (Å²) in [5.74, 6) is -0.364. The van der Waals surface area contributed by atoms with Crippen LogP contribution in [0.4, 0.5) is 5.13 Å². The molecule has 5 nitrogen and oxygen atoms in total. The summed E-state index contributed by atoms with van der Waals surface area (Å²) in [4.78, 5) is 15.6. The van der Waals surface area contributed by atoms with Crippen LogP contribution < -0.4 is 5.32 Å². The lowest BCUT2D eigenvalue weighted by Crippen LogP contribution is -2.29. The first-order chi connectivity index (χ1) is 8.29. The number of thiazole rings is 1. The van der Waals surface area contributed by atoms with Gasteiger partial charge in [-0.05, 0) is 19.8 Å². The number of carbonyl (C=O) groups excluding carboxylic acids is 1. The highest BCUT2D eigenvalue weighted by molar-refractivity contribution is 7.13. The molecule has 1 saturated heterocycles. The molecule has 94 valence electrons. The van der Waals surface area contributed by atoms with E-state index in [0.29, 0.717) is 24.9 Å². The third-order valence-corrected chi connectivity index (χ3v) is 3.25. The van der Waals surface area contributed by atoms with Crippen molar-refractivity contribution in [1.82, 2.24) is 4.98 Å². The number of aromatic nitrogens is 1. The lowest BCUT2D eigenvalue weighted by Gasteiger charge is -2.22. The Bertz CT molecular complexity index is 375. The Balaban J connectivity index is 1.91. The molecule has 17 heavy (non-hydrogen) atoms. The molecule has 0 radical (unpaired) electrons. The minimum Gasteiger partial charge on any atom is -0.461 e. The van der Waals surface area contributed by atoms with Crippen LogP contribution in [0.15, 0.2) is 5.38 Å². The van der Waals surface area contributed by atoms with Gasteiger partial charge in [-0.15, -0.1) is 11.3 Å². The van der Waals surface area contributed by atoms with E-state index >= 15 is 0 Å². The van der Waals surface area contributed by atoms with E-state index in [0.717, 1.165) is 24.6 Å². The summed E-state index contributed by atoms with van der Waals surface area (Å²) in [5.41, 5.74) is 0.371. The van der Waals surface area contributed by atoms with E-state index in [9.17, 15) is 4.79 Å². The van der Waals surface area contributed by atoms with Gasteiger partial charge < -0.3 is 14.8 Å². The number of anilines is 1. The highest BCUT2D eigenvalue weighted by Crippen LogP contribution is 2.19. The second kappa shape index (κ2) is 5.97. The molecule has 1 N–H and O–H groups in total. The SMILES string of the molecule is CCOC(=O)c1csc(NC2CCCOC2)n1. The molecular formula is C11H16N2O3S. The van der Waals surface area contributed by atoms with Gasteiger partial charge in [0, 0.05) is 12.0 Å². The zero-order valence-corrected chi connectivity index (χ0v) is 10.6. The molecule has 0 aromatic carbocycles. The Morgan fingerprint density at radius 3 is 3.35 bits per heavy atom. The van der Waals surface area contributed by atoms with Gasteiger partial charge in [-0.3, -0.25) is 0 Å². The molecule has 0 amide bonds. The number of carbonyl (C=O) groups is 1. The number of esters is 1. The van der Waals surface area contributed by atoms with Gasteiger partial charge in [0.05, 0.1) is 19.3 Å². The summed E-state index contributed by atoms with van der Waals surface area (Å²) in [5, 5.41) is 5.74. The smallest absolute Gasteiger partial charge is 0.357 e. The van der Waals surface area contributed by atoms with Crippen molar-refractivity contribution >= 4 is 22.4 Å². The lowest BCUT2D eigenvalue weighted by atomic mass is 10.1. The van der Waals surface area contributed by atoms with Crippen LogP contribution in [0, 0.1) is 0 Å². The van der Waals surface area contributed by atoms with Crippen molar-refractivity contribution in [3.05, 3.63) is 11.1 Å². The van der Waals surface area contributed by atoms with Crippen molar-refractivity contribution in [2.75, 3.05) is 25.1 Å². The van der Waals surface area contributed by atoms with Gasteiger partial charge in [-0.25, -0.2) is 9.78 Å². The molecule has 1 aliphatic heterocycles. The standard InChI is InChI=1S/C11H16N2O3S/c1-2-16-10(14)9-7-17-11(13-9)12-8-4-3-5-15-6-8/h7-8H,2-6H2,1H3,(H,12,13). The Kier molecular flexibility index (Phi) is 4.33. The summed E-state index contributed by atoms with van der Waals surface area (Å²) in [6.45, 7) is 3.69. The molecule has 0 saturated carbocycles. The maximum Gasteiger partial charge on any atom is 0.357 e. The number of hydrogen-bond acceptors (Lipinski definition) is 6. The van der Waals surface area contributed by atoms with E-state index < -0.39 is 0 Å². The summed E-state index contributed by atoms with van der Waals surface area (Å²) in [6.07, 6.45) is 2.14. The van der Waals surface area contributed by atoms with Gasteiger partial charge >= 0.3 is 5.97 Å². The van der Waals surface area contributed by atoms with Crippen molar-refractivity contribution in [3.63, 3.8) is 0 Å². The van der Waals surface area contributed by atoms with E-state index in [-0.39, 0.29) is 5.97 Å². The number of nitrogens with one attached hydrogen (secondary N) is 1. The highest BCUT2D eigenvalue weighted by Gasteiger charge is 2.16. The molecular weight excluding hydrogens is 240 g/mol. The molecule has 0 aliphatic carbocycles. The first-order valence-electron chi connectivity index (χ1n) is 5.76. The van der Waals surface area contributed by atoms with Crippen LogP contribution in [0.3, 0.4) is 0 Å². The van der Waals surface area contributed by atoms with Gasteiger partial charge in [-0.1, -0.05) is 0 Å². The van der Waals surface area contributed by atoms with Crippen LogP contribution in [0.1, 0.15) is 30.3 Å². The maximum absolute atomic E-state index is 11.4. The topological polar surface area (TPSA) is 60.5 Å². The van der Waals surface area contributed by atoms with Gasteiger partial charge in [0.1, 0.15) is 0 Å². The second-order valence-corrected chi connectivity index (χ2v) is 4.67. The largest absolute Gasteiger partial charge is 0.461 e. The van der Waals surface area contributed by atoms with E-state index in [1.54, 1.807) is 12.3 Å². The predicted octanol–water partition coefficient (Wildman–Crippen LogP) is 1.91. The van der Waals surface area contributed by atoms with Crippen LogP contribution in [0.5, 0.6) is 0 Å². The average molecular weight is 256 g/mol. The average Bonchev–Trinajstić information content (AvgIpc) is 2.79. The molecule has 1 aliphatic rings. The predicted molar refractivity (Wildman–Crippen MR) is 65.5 cm³/mol. The van der Waals surface area contributed by atoms with E-state index in [2.05, 4.69) is 10.3 Å². The number of rotatable bonds is 4. The van der Waals surface area contributed by atoms with Crippen LogP contribution >= 0.6 is 11.3 Å². The summed E-state index contributed by atoms with van der Waals surface area (Å²) in [6, 6.07) is 0.296. The van der Waals surface area contributed by atoms with Crippen molar-refractivity contribution < 1.29 is 14.3 Å². The second-order valence-electron chi connectivity index (χ2n) is 3.82. The maximum atomic E-state index is 11.4. The van der Waals surface area contributed by atoms with Crippen LogP contribution in [-0.4, -0.2) is 36.8 Å².